The summed E-state index contributed by atoms with van der Waals surface area (Å²) >= 11 is 0. The quantitative estimate of drug-likeness (QED) is 0.835. The molecular formula is C11H11N3O3. The molecule has 0 fully saturated rings. The summed E-state index contributed by atoms with van der Waals surface area (Å²) in [4.78, 5) is 18.8. The molecular weight excluding hydrogens is 222 g/mol. The van der Waals surface area contributed by atoms with Crippen LogP contribution in [0.2, 0.25) is 0 Å². The Labute approximate surface area is 97.3 Å². The van der Waals surface area contributed by atoms with Gasteiger partial charge >= 0.3 is 5.97 Å². The molecule has 0 unspecified atom stereocenters. The number of nitrogens with one attached hydrogen (secondary N) is 1. The van der Waals surface area contributed by atoms with E-state index in [9.17, 15) is 4.79 Å². The maximum absolute atomic E-state index is 10.6. The highest BCUT2D eigenvalue weighted by atomic mass is 16.4. The number of aryl methyl sites for hydroxylation is 1. The van der Waals surface area contributed by atoms with Crippen molar-refractivity contribution in [2.45, 2.75) is 13.5 Å². The van der Waals surface area contributed by atoms with Crippen molar-refractivity contribution < 1.29 is 14.3 Å². The minimum Gasteiger partial charge on any atom is -0.475 e. The zero-order valence-corrected chi connectivity index (χ0v) is 9.17. The van der Waals surface area contributed by atoms with Gasteiger partial charge in [-0.1, -0.05) is 0 Å². The summed E-state index contributed by atoms with van der Waals surface area (Å²) in [5.41, 5.74) is 1.60. The van der Waals surface area contributed by atoms with Gasteiger partial charge in [-0.2, -0.15) is 0 Å². The standard InChI is InChI=1S/C11H11N3O3/c1-7-4-13-8(5-12-7)6-14-10-3-2-9(17-10)11(15)16/h2-5,14H,6H2,1H3,(H,15,16). The van der Waals surface area contributed by atoms with Crippen molar-refractivity contribution in [2.24, 2.45) is 0 Å². The molecule has 0 atom stereocenters. The van der Waals surface area contributed by atoms with Gasteiger partial charge < -0.3 is 14.8 Å². The Morgan fingerprint density at radius 2 is 2.24 bits per heavy atom. The third-order valence-electron chi connectivity index (χ3n) is 2.09. The smallest absolute Gasteiger partial charge is 0.371 e. The van der Waals surface area contributed by atoms with Gasteiger partial charge in [-0.05, 0) is 13.0 Å². The Morgan fingerprint density at radius 1 is 1.41 bits per heavy atom. The number of hydrogen-bond acceptors (Lipinski definition) is 5. The maximum atomic E-state index is 10.6. The van der Waals surface area contributed by atoms with E-state index in [1.807, 2.05) is 6.92 Å². The van der Waals surface area contributed by atoms with Crippen LogP contribution in [0.3, 0.4) is 0 Å². The van der Waals surface area contributed by atoms with E-state index in [0.717, 1.165) is 11.4 Å². The largest absolute Gasteiger partial charge is 0.475 e. The van der Waals surface area contributed by atoms with Crippen LogP contribution in [0, 0.1) is 6.92 Å². The molecule has 0 bridgehead atoms. The average Bonchev–Trinajstić information content (AvgIpc) is 2.77. The van der Waals surface area contributed by atoms with E-state index in [2.05, 4.69) is 15.3 Å². The summed E-state index contributed by atoms with van der Waals surface area (Å²) in [5.74, 6) is -0.791. The lowest BCUT2D eigenvalue weighted by molar-refractivity contribution is 0.0663. The first-order chi connectivity index (χ1) is 8.15. The molecule has 0 aliphatic heterocycles. The molecule has 2 aromatic heterocycles. The number of aromatic nitrogens is 2. The van der Waals surface area contributed by atoms with Crippen molar-refractivity contribution in [3.8, 4) is 0 Å². The van der Waals surface area contributed by atoms with Gasteiger partial charge in [0.2, 0.25) is 5.76 Å². The van der Waals surface area contributed by atoms with Gasteiger partial charge in [-0.3, -0.25) is 9.97 Å². The minimum absolute atomic E-state index is 0.0949. The van der Waals surface area contributed by atoms with Gasteiger partial charge in [0.1, 0.15) is 0 Å². The predicted octanol–water partition coefficient (Wildman–Crippen LogP) is 1.69. The normalized spacial score (nSPS) is 10.2. The van der Waals surface area contributed by atoms with Crippen molar-refractivity contribution in [1.82, 2.24) is 9.97 Å². The lowest BCUT2D eigenvalue weighted by atomic mass is 10.4. The SMILES string of the molecule is Cc1cnc(CNc2ccc(C(=O)O)o2)cn1. The van der Waals surface area contributed by atoms with E-state index in [4.69, 9.17) is 9.52 Å². The molecule has 0 aliphatic carbocycles. The summed E-state index contributed by atoms with van der Waals surface area (Å²) in [6.07, 6.45) is 3.32. The van der Waals surface area contributed by atoms with E-state index in [1.165, 1.54) is 6.07 Å². The van der Waals surface area contributed by atoms with Crippen molar-refractivity contribution in [3.63, 3.8) is 0 Å². The molecule has 0 aromatic carbocycles. The first kappa shape index (κ1) is 11.1. The summed E-state index contributed by atoms with van der Waals surface area (Å²) in [5, 5.41) is 11.6. The number of rotatable bonds is 4. The molecule has 2 aromatic rings. The molecule has 0 spiro atoms. The highest BCUT2D eigenvalue weighted by Crippen LogP contribution is 2.13. The summed E-state index contributed by atoms with van der Waals surface area (Å²) in [6.45, 7) is 2.29. The van der Waals surface area contributed by atoms with Crippen LogP contribution >= 0.6 is 0 Å². The fourth-order valence-corrected chi connectivity index (χ4v) is 1.24. The number of furan rings is 1. The highest BCUT2D eigenvalue weighted by molar-refractivity contribution is 5.84. The van der Waals surface area contributed by atoms with Crippen LogP contribution in [0.25, 0.3) is 0 Å². The average molecular weight is 233 g/mol. The van der Waals surface area contributed by atoms with Crippen LogP contribution in [0.1, 0.15) is 21.9 Å². The van der Waals surface area contributed by atoms with Crippen molar-refractivity contribution >= 4 is 11.9 Å². The van der Waals surface area contributed by atoms with E-state index < -0.39 is 5.97 Å². The molecule has 0 saturated heterocycles. The number of carboxylic acid groups (broad SMARTS) is 1. The van der Waals surface area contributed by atoms with E-state index in [0.29, 0.717) is 12.4 Å². The van der Waals surface area contributed by atoms with Crippen LogP contribution in [-0.2, 0) is 6.54 Å². The molecule has 2 heterocycles. The van der Waals surface area contributed by atoms with E-state index >= 15 is 0 Å². The van der Waals surface area contributed by atoms with Gasteiger partial charge in [0, 0.05) is 12.3 Å². The molecule has 0 aliphatic rings. The lowest BCUT2D eigenvalue weighted by Gasteiger charge is -2.01. The van der Waals surface area contributed by atoms with Gasteiger partial charge in [-0.25, -0.2) is 4.79 Å². The van der Waals surface area contributed by atoms with Crippen LogP contribution in [0.4, 0.5) is 5.88 Å². The molecule has 17 heavy (non-hydrogen) atoms. The molecule has 2 rings (SSSR count). The van der Waals surface area contributed by atoms with Crippen LogP contribution in [-0.4, -0.2) is 21.0 Å². The van der Waals surface area contributed by atoms with Crippen molar-refractivity contribution in [2.75, 3.05) is 5.32 Å². The monoisotopic (exact) mass is 233 g/mol. The van der Waals surface area contributed by atoms with Crippen molar-refractivity contribution in [1.29, 1.82) is 0 Å². The lowest BCUT2D eigenvalue weighted by Crippen LogP contribution is -2.01. The molecule has 0 radical (unpaired) electrons. The van der Waals surface area contributed by atoms with Crippen LogP contribution in [0.5, 0.6) is 0 Å². The van der Waals surface area contributed by atoms with Gasteiger partial charge in [0.25, 0.3) is 0 Å². The number of nitrogens with zero attached hydrogens (tertiary/aromatic N) is 2. The molecule has 6 heteroatoms. The van der Waals surface area contributed by atoms with Crippen LogP contribution in [0.15, 0.2) is 28.9 Å². The van der Waals surface area contributed by atoms with E-state index in [-0.39, 0.29) is 5.76 Å². The third-order valence-corrected chi connectivity index (χ3v) is 2.09. The Kier molecular flexibility index (Phi) is 3.04. The van der Waals surface area contributed by atoms with E-state index in [1.54, 1.807) is 18.5 Å². The first-order valence-electron chi connectivity index (χ1n) is 4.99. The highest BCUT2D eigenvalue weighted by Gasteiger charge is 2.08. The van der Waals surface area contributed by atoms with Gasteiger partial charge in [-0.15, -0.1) is 0 Å². The number of aromatic carboxylic acids is 1. The minimum atomic E-state index is -1.09. The third kappa shape index (κ3) is 2.81. The number of hydrogen-bond donors (Lipinski definition) is 2. The fourth-order valence-electron chi connectivity index (χ4n) is 1.24. The number of anilines is 1. The molecule has 88 valence electrons. The number of carboxylic acids is 1. The Bertz CT molecular complexity index is 519. The summed E-state index contributed by atoms with van der Waals surface area (Å²) in [7, 11) is 0. The zero-order chi connectivity index (χ0) is 12.3. The van der Waals surface area contributed by atoms with Gasteiger partial charge in [0.05, 0.1) is 24.1 Å². The first-order valence-corrected chi connectivity index (χ1v) is 4.99. The molecule has 2 N–H and O–H groups in total. The zero-order valence-electron chi connectivity index (χ0n) is 9.17. The Balaban J connectivity index is 1.97. The fraction of sp³-hybridized carbons (Fsp3) is 0.182. The maximum Gasteiger partial charge on any atom is 0.371 e. The van der Waals surface area contributed by atoms with Gasteiger partial charge in [0.15, 0.2) is 5.88 Å². The Hall–Kier alpha value is -2.37. The van der Waals surface area contributed by atoms with Crippen LogP contribution < -0.4 is 5.32 Å². The second kappa shape index (κ2) is 4.65. The molecule has 0 amide bonds. The van der Waals surface area contributed by atoms with Crippen molar-refractivity contribution in [3.05, 3.63) is 41.7 Å². The summed E-state index contributed by atoms with van der Waals surface area (Å²) < 4.78 is 5.03. The second-order valence-electron chi connectivity index (χ2n) is 3.47. The summed E-state index contributed by atoms with van der Waals surface area (Å²) in [6, 6.07) is 2.95. The molecule has 6 nitrogen and oxygen atoms in total. The molecule has 0 saturated carbocycles. The topological polar surface area (TPSA) is 88.2 Å². The Morgan fingerprint density at radius 3 is 2.82 bits per heavy atom. The number of carbonyl (C=O) groups is 1. The second-order valence-corrected chi connectivity index (χ2v) is 3.47. The predicted molar refractivity (Wildman–Crippen MR) is 59.8 cm³/mol.